The summed E-state index contributed by atoms with van der Waals surface area (Å²) in [6.07, 6.45) is 3.51. The number of hydrogen-bond donors (Lipinski definition) is 7. The van der Waals surface area contributed by atoms with Crippen molar-refractivity contribution in [1.82, 2.24) is 20.6 Å². The second kappa shape index (κ2) is 11.7. The van der Waals surface area contributed by atoms with Gasteiger partial charge < -0.3 is 37.3 Å². The number of carboxylic acid groups (broad SMARTS) is 2. The van der Waals surface area contributed by atoms with Crippen molar-refractivity contribution in [2.24, 2.45) is 11.5 Å². The summed E-state index contributed by atoms with van der Waals surface area (Å²) < 4.78 is 0. The molecule has 1 aromatic rings. The number of hydrogen-bond acceptors (Lipinski definition) is 7. The minimum Gasteiger partial charge on any atom is -0.481 e. The highest BCUT2D eigenvalue weighted by atomic mass is 16.4. The smallest absolute Gasteiger partial charge is 0.326 e. The van der Waals surface area contributed by atoms with Crippen LogP contribution in [0.4, 0.5) is 0 Å². The maximum absolute atomic E-state index is 12.6. The molecule has 1 rings (SSSR count). The lowest BCUT2D eigenvalue weighted by Gasteiger charge is -2.22. The molecule has 28 heavy (non-hydrogen) atoms. The number of carboxylic acids is 2. The molecule has 0 aromatic carbocycles. The average Bonchev–Trinajstić information content (AvgIpc) is 3.12. The molecule has 0 saturated carbocycles. The summed E-state index contributed by atoms with van der Waals surface area (Å²) in [6.45, 7) is 0.403. The van der Waals surface area contributed by atoms with E-state index in [4.69, 9.17) is 16.6 Å². The number of rotatable bonds is 13. The van der Waals surface area contributed by atoms with Gasteiger partial charge in [-0.15, -0.1) is 0 Å². The number of nitrogens with zero attached hydrogens (tertiary/aromatic N) is 1. The third-order valence-corrected chi connectivity index (χ3v) is 3.90. The molecule has 0 aliphatic heterocycles. The summed E-state index contributed by atoms with van der Waals surface area (Å²) >= 11 is 0. The Balaban J connectivity index is 2.84. The topological polar surface area (TPSA) is 214 Å². The summed E-state index contributed by atoms with van der Waals surface area (Å²) in [4.78, 5) is 53.4. The van der Waals surface area contributed by atoms with Gasteiger partial charge in [0.2, 0.25) is 11.8 Å². The SMILES string of the molecule is NCCCC[C@H](NC(=O)[C@H](Cc1cnc[nH]1)NC(=O)[C@@H](N)CC(=O)O)C(=O)O. The number of unbranched alkanes of at least 4 members (excludes halogenated alkanes) is 1. The van der Waals surface area contributed by atoms with Crippen molar-refractivity contribution in [3.8, 4) is 0 Å². The quantitative estimate of drug-likeness (QED) is 0.182. The molecule has 2 amide bonds. The van der Waals surface area contributed by atoms with Crippen LogP contribution in [0.2, 0.25) is 0 Å². The molecule has 0 bridgehead atoms. The van der Waals surface area contributed by atoms with Gasteiger partial charge in [-0.25, -0.2) is 9.78 Å². The second-order valence-electron chi connectivity index (χ2n) is 6.23. The summed E-state index contributed by atoms with van der Waals surface area (Å²) in [7, 11) is 0. The Bertz CT molecular complexity index is 665. The van der Waals surface area contributed by atoms with E-state index in [0.29, 0.717) is 25.1 Å². The predicted molar refractivity (Wildman–Crippen MR) is 96.9 cm³/mol. The number of imidazole rings is 1. The van der Waals surface area contributed by atoms with Gasteiger partial charge in [0.1, 0.15) is 12.1 Å². The van der Waals surface area contributed by atoms with Gasteiger partial charge in [0.15, 0.2) is 0 Å². The van der Waals surface area contributed by atoms with Crippen molar-refractivity contribution in [1.29, 1.82) is 0 Å². The van der Waals surface area contributed by atoms with E-state index in [0.717, 1.165) is 0 Å². The standard InChI is InChI=1S/C16H26N6O6/c17-4-2-1-3-11(16(27)28)21-15(26)12(5-9-7-19-8-20-9)22-14(25)10(18)6-13(23)24/h7-8,10-12H,1-6,17-18H2,(H,19,20)(H,21,26)(H,22,25)(H,23,24)(H,27,28)/t10-,11-,12-/m0/s1. The van der Waals surface area contributed by atoms with E-state index in [1.54, 1.807) is 0 Å². The average molecular weight is 398 g/mol. The molecule has 1 aromatic heterocycles. The normalized spacial score (nSPS) is 13.9. The summed E-state index contributed by atoms with van der Waals surface area (Å²) in [5.41, 5.74) is 11.4. The fourth-order valence-corrected chi connectivity index (χ4v) is 2.41. The maximum Gasteiger partial charge on any atom is 0.326 e. The highest BCUT2D eigenvalue weighted by Crippen LogP contribution is 2.05. The van der Waals surface area contributed by atoms with E-state index in [2.05, 4.69) is 20.6 Å². The largest absolute Gasteiger partial charge is 0.481 e. The van der Waals surface area contributed by atoms with Crippen LogP contribution in [0, 0.1) is 0 Å². The van der Waals surface area contributed by atoms with Gasteiger partial charge in [-0.3, -0.25) is 14.4 Å². The van der Waals surface area contributed by atoms with Crippen molar-refractivity contribution in [2.45, 2.75) is 50.2 Å². The van der Waals surface area contributed by atoms with Crippen LogP contribution in [-0.4, -0.2) is 68.6 Å². The van der Waals surface area contributed by atoms with Crippen molar-refractivity contribution in [2.75, 3.05) is 6.54 Å². The number of nitrogens with one attached hydrogen (secondary N) is 3. The highest BCUT2D eigenvalue weighted by molar-refractivity contribution is 5.93. The molecular formula is C16H26N6O6. The maximum atomic E-state index is 12.6. The zero-order chi connectivity index (χ0) is 21.1. The van der Waals surface area contributed by atoms with Gasteiger partial charge in [-0.05, 0) is 25.8 Å². The first-order chi connectivity index (χ1) is 13.2. The highest BCUT2D eigenvalue weighted by Gasteiger charge is 2.28. The molecule has 0 aliphatic rings. The molecule has 0 spiro atoms. The lowest BCUT2D eigenvalue weighted by Crippen LogP contribution is -2.55. The summed E-state index contributed by atoms with van der Waals surface area (Å²) in [5.74, 6) is -4.04. The van der Waals surface area contributed by atoms with E-state index < -0.39 is 48.3 Å². The Kier molecular flexibility index (Phi) is 9.60. The monoisotopic (exact) mass is 398 g/mol. The second-order valence-corrected chi connectivity index (χ2v) is 6.23. The number of aromatic amines is 1. The van der Waals surface area contributed by atoms with E-state index in [1.807, 2.05) is 0 Å². The van der Waals surface area contributed by atoms with Crippen LogP contribution in [0.1, 0.15) is 31.4 Å². The number of amides is 2. The van der Waals surface area contributed by atoms with Gasteiger partial charge in [0, 0.05) is 18.3 Å². The fraction of sp³-hybridized carbons (Fsp3) is 0.562. The van der Waals surface area contributed by atoms with Gasteiger partial charge in [0.05, 0.1) is 18.8 Å². The van der Waals surface area contributed by atoms with Crippen molar-refractivity contribution in [3.63, 3.8) is 0 Å². The van der Waals surface area contributed by atoms with E-state index in [1.165, 1.54) is 12.5 Å². The number of aliphatic carboxylic acids is 2. The van der Waals surface area contributed by atoms with Crippen LogP contribution in [-0.2, 0) is 25.6 Å². The molecule has 0 aliphatic carbocycles. The third kappa shape index (κ3) is 8.14. The lowest BCUT2D eigenvalue weighted by molar-refractivity contribution is -0.143. The molecule has 3 atom stereocenters. The Morgan fingerprint density at radius 1 is 1.11 bits per heavy atom. The van der Waals surface area contributed by atoms with Gasteiger partial charge >= 0.3 is 11.9 Å². The Morgan fingerprint density at radius 3 is 2.32 bits per heavy atom. The zero-order valence-electron chi connectivity index (χ0n) is 15.3. The van der Waals surface area contributed by atoms with Crippen molar-refractivity contribution >= 4 is 23.8 Å². The van der Waals surface area contributed by atoms with Gasteiger partial charge in [0.25, 0.3) is 0 Å². The predicted octanol–water partition coefficient (Wildman–Crippen LogP) is -2.06. The molecule has 1 heterocycles. The first kappa shape index (κ1) is 23.0. The van der Waals surface area contributed by atoms with Crippen LogP contribution in [0.3, 0.4) is 0 Å². The number of H-pyrrole nitrogens is 1. The summed E-state index contributed by atoms with van der Waals surface area (Å²) in [6, 6.07) is -3.66. The molecule has 12 nitrogen and oxygen atoms in total. The first-order valence-electron chi connectivity index (χ1n) is 8.72. The minimum atomic E-state index is -1.35. The molecule has 12 heteroatoms. The van der Waals surface area contributed by atoms with Crippen molar-refractivity contribution < 1.29 is 29.4 Å². The Morgan fingerprint density at radius 2 is 1.79 bits per heavy atom. The summed E-state index contributed by atoms with van der Waals surface area (Å²) in [5, 5.41) is 22.8. The Labute approximate surface area is 161 Å². The molecule has 0 fully saturated rings. The molecule has 0 saturated heterocycles. The number of nitrogens with two attached hydrogens (primary N) is 2. The minimum absolute atomic E-state index is 0.00744. The van der Waals surface area contributed by atoms with Crippen LogP contribution in [0.5, 0.6) is 0 Å². The van der Waals surface area contributed by atoms with Crippen LogP contribution in [0.15, 0.2) is 12.5 Å². The number of carbonyl (C=O) groups excluding carboxylic acids is 2. The van der Waals surface area contributed by atoms with Gasteiger partial charge in [-0.2, -0.15) is 0 Å². The number of carbonyl (C=O) groups is 4. The zero-order valence-corrected chi connectivity index (χ0v) is 15.3. The molecule has 9 N–H and O–H groups in total. The van der Waals surface area contributed by atoms with Crippen LogP contribution >= 0.6 is 0 Å². The molecular weight excluding hydrogens is 372 g/mol. The van der Waals surface area contributed by atoms with Crippen LogP contribution < -0.4 is 22.1 Å². The lowest BCUT2D eigenvalue weighted by atomic mass is 10.1. The van der Waals surface area contributed by atoms with E-state index >= 15 is 0 Å². The van der Waals surface area contributed by atoms with E-state index in [-0.39, 0.29) is 12.8 Å². The molecule has 0 unspecified atom stereocenters. The molecule has 0 radical (unpaired) electrons. The fourth-order valence-electron chi connectivity index (χ4n) is 2.41. The van der Waals surface area contributed by atoms with Crippen molar-refractivity contribution in [3.05, 3.63) is 18.2 Å². The van der Waals surface area contributed by atoms with Crippen LogP contribution in [0.25, 0.3) is 0 Å². The van der Waals surface area contributed by atoms with E-state index in [9.17, 15) is 24.3 Å². The Hall–Kier alpha value is -2.99. The van der Waals surface area contributed by atoms with Gasteiger partial charge in [-0.1, -0.05) is 0 Å². The first-order valence-corrected chi connectivity index (χ1v) is 8.72. The molecule has 156 valence electrons. The third-order valence-electron chi connectivity index (χ3n) is 3.90. The number of aromatic nitrogens is 2.